The van der Waals surface area contributed by atoms with E-state index in [1.807, 2.05) is 0 Å². The third kappa shape index (κ3) is 1.32. The number of amides is 1. The Balaban J connectivity index is 2.66. The smallest absolute Gasteiger partial charge is 0.263 e. The molecule has 0 fully saturated rings. The van der Waals surface area contributed by atoms with E-state index >= 15 is 0 Å². The van der Waals surface area contributed by atoms with Crippen molar-refractivity contribution in [1.82, 2.24) is 9.69 Å². The maximum absolute atomic E-state index is 11.6. The molecule has 1 aliphatic rings. The quantitative estimate of drug-likeness (QED) is 0.646. The normalized spacial score (nSPS) is 24.9. The summed E-state index contributed by atoms with van der Waals surface area (Å²) in [5.74, 6) is -0.477. The molecule has 1 aliphatic carbocycles. The summed E-state index contributed by atoms with van der Waals surface area (Å²) in [6.07, 6.45) is 2.30. The molecule has 1 unspecified atom stereocenters. The van der Waals surface area contributed by atoms with E-state index in [9.17, 15) is 9.59 Å². The molecule has 15 heavy (non-hydrogen) atoms. The number of H-pyrrole nitrogens is 1. The van der Waals surface area contributed by atoms with Crippen molar-refractivity contribution in [1.29, 1.82) is 0 Å². The minimum atomic E-state index is -0.971. The van der Waals surface area contributed by atoms with Crippen molar-refractivity contribution in [2.24, 2.45) is 5.73 Å². The Hall–Kier alpha value is -1.14. The number of rotatable bonds is 2. The molecule has 1 atom stereocenters. The third-order valence-corrected chi connectivity index (χ3v) is 3.94. The number of carbonyl (C=O) groups is 1. The van der Waals surface area contributed by atoms with Crippen LogP contribution in [-0.2, 0) is 16.8 Å². The lowest BCUT2D eigenvalue weighted by Gasteiger charge is -2.32. The molecule has 1 amide bonds. The lowest BCUT2D eigenvalue weighted by Crippen LogP contribution is -2.54. The van der Waals surface area contributed by atoms with E-state index in [2.05, 4.69) is 9.69 Å². The number of aromatic nitrogens is 1. The summed E-state index contributed by atoms with van der Waals surface area (Å²) in [7, 11) is 1.66. The highest BCUT2D eigenvalue weighted by molar-refractivity contribution is 7.05. The molecule has 6 heteroatoms. The first-order valence-electron chi connectivity index (χ1n) is 4.81. The zero-order chi connectivity index (χ0) is 11.1. The van der Waals surface area contributed by atoms with Crippen LogP contribution in [0.1, 0.15) is 23.3 Å². The molecule has 0 aliphatic heterocycles. The Morgan fingerprint density at radius 2 is 2.40 bits per heavy atom. The first-order valence-corrected chi connectivity index (χ1v) is 5.63. The maximum atomic E-state index is 11.6. The monoisotopic (exact) mass is 227 g/mol. The second kappa shape index (κ2) is 3.46. The van der Waals surface area contributed by atoms with Gasteiger partial charge < -0.3 is 11.1 Å². The topological polar surface area (TPSA) is 88.0 Å². The van der Waals surface area contributed by atoms with Gasteiger partial charge in [-0.1, -0.05) is 11.5 Å². The lowest BCUT2D eigenvalue weighted by atomic mass is 9.80. The van der Waals surface area contributed by atoms with Crippen LogP contribution in [0.2, 0.25) is 0 Å². The molecule has 1 aromatic rings. The molecule has 4 N–H and O–H groups in total. The van der Waals surface area contributed by atoms with Gasteiger partial charge in [-0.2, -0.15) is 0 Å². The fourth-order valence-electron chi connectivity index (χ4n) is 2.20. The van der Waals surface area contributed by atoms with Crippen LogP contribution in [0.3, 0.4) is 0 Å². The van der Waals surface area contributed by atoms with Gasteiger partial charge in [-0.05, 0) is 26.3 Å². The number of primary amides is 1. The van der Waals surface area contributed by atoms with Crippen LogP contribution in [0.15, 0.2) is 4.79 Å². The number of aromatic amines is 1. The van der Waals surface area contributed by atoms with Crippen LogP contribution in [0.25, 0.3) is 0 Å². The van der Waals surface area contributed by atoms with Gasteiger partial charge in [0.05, 0.1) is 5.56 Å². The lowest BCUT2D eigenvalue weighted by molar-refractivity contribution is -0.125. The molecule has 0 radical (unpaired) electrons. The van der Waals surface area contributed by atoms with Crippen LogP contribution < -0.4 is 16.6 Å². The standard InChI is InChI=1S/C9H13N3O2S/c1-11-9(8(10)14)4-2-3-5-6(9)7(13)12-15-5/h11H,2-4H2,1H3,(H2,10,14)(H,12,13). The number of likely N-dealkylation sites (N-methyl/N-ethyl adjacent to an activating group) is 1. The summed E-state index contributed by atoms with van der Waals surface area (Å²) in [5.41, 5.74) is 4.77. The van der Waals surface area contributed by atoms with Crippen LogP contribution in [-0.4, -0.2) is 17.3 Å². The van der Waals surface area contributed by atoms with Crippen LogP contribution in [0.5, 0.6) is 0 Å². The number of nitrogens with two attached hydrogens (primary N) is 1. The number of aryl methyl sites for hydroxylation is 1. The Morgan fingerprint density at radius 1 is 1.67 bits per heavy atom. The van der Waals surface area contributed by atoms with E-state index in [1.54, 1.807) is 7.05 Å². The molecular formula is C9H13N3O2S. The average Bonchev–Trinajstić information content (AvgIpc) is 2.60. The van der Waals surface area contributed by atoms with Crippen molar-refractivity contribution in [2.45, 2.75) is 24.8 Å². The van der Waals surface area contributed by atoms with Gasteiger partial charge in [0.2, 0.25) is 5.91 Å². The van der Waals surface area contributed by atoms with E-state index in [-0.39, 0.29) is 5.56 Å². The summed E-state index contributed by atoms with van der Waals surface area (Å²) in [4.78, 5) is 24.1. The van der Waals surface area contributed by atoms with E-state index in [0.29, 0.717) is 12.0 Å². The van der Waals surface area contributed by atoms with E-state index < -0.39 is 11.4 Å². The zero-order valence-corrected chi connectivity index (χ0v) is 9.24. The zero-order valence-electron chi connectivity index (χ0n) is 8.42. The summed E-state index contributed by atoms with van der Waals surface area (Å²) in [6.45, 7) is 0. The minimum Gasteiger partial charge on any atom is -0.368 e. The highest BCUT2D eigenvalue weighted by Gasteiger charge is 2.43. The molecule has 5 nitrogen and oxygen atoms in total. The summed E-state index contributed by atoms with van der Waals surface area (Å²) >= 11 is 1.30. The fourth-order valence-corrected chi connectivity index (χ4v) is 3.14. The molecule has 0 spiro atoms. The van der Waals surface area contributed by atoms with Gasteiger partial charge in [-0.3, -0.25) is 14.0 Å². The van der Waals surface area contributed by atoms with Gasteiger partial charge in [-0.25, -0.2) is 0 Å². The highest BCUT2D eigenvalue weighted by Crippen LogP contribution is 2.34. The van der Waals surface area contributed by atoms with Crippen molar-refractivity contribution < 1.29 is 4.79 Å². The SMILES string of the molecule is CNC1(C(N)=O)CCCc2s[nH]c(=O)c21. The van der Waals surface area contributed by atoms with Gasteiger partial charge in [-0.15, -0.1) is 0 Å². The molecule has 0 saturated carbocycles. The molecule has 82 valence electrons. The molecule has 0 bridgehead atoms. The fraction of sp³-hybridized carbons (Fsp3) is 0.556. The Morgan fingerprint density at radius 3 is 3.00 bits per heavy atom. The highest BCUT2D eigenvalue weighted by atomic mass is 32.1. The van der Waals surface area contributed by atoms with Crippen molar-refractivity contribution >= 4 is 17.4 Å². The van der Waals surface area contributed by atoms with Gasteiger partial charge in [0.15, 0.2) is 0 Å². The molecular weight excluding hydrogens is 214 g/mol. The Kier molecular flexibility index (Phi) is 2.40. The predicted molar refractivity (Wildman–Crippen MR) is 57.8 cm³/mol. The van der Waals surface area contributed by atoms with Gasteiger partial charge in [0.1, 0.15) is 5.54 Å². The number of fused-ring (bicyclic) bond motifs is 1. The first-order chi connectivity index (χ1) is 7.12. The van der Waals surface area contributed by atoms with Crippen molar-refractivity contribution in [3.63, 3.8) is 0 Å². The molecule has 2 rings (SSSR count). The van der Waals surface area contributed by atoms with Gasteiger partial charge >= 0.3 is 0 Å². The van der Waals surface area contributed by atoms with Gasteiger partial charge in [0, 0.05) is 4.88 Å². The second-order valence-corrected chi connectivity index (χ2v) is 4.61. The minimum absolute atomic E-state index is 0.192. The molecule has 1 heterocycles. The summed E-state index contributed by atoms with van der Waals surface area (Å²) < 4.78 is 2.66. The largest absolute Gasteiger partial charge is 0.368 e. The number of hydrogen-bond acceptors (Lipinski definition) is 4. The molecule has 1 aromatic heterocycles. The molecule has 0 saturated heterocycles. The van der Waals surface area contributed by atoms with Crippen molar-refractivity contribution in [3.8, 4) is 0 Å². The summed E-state index contributed by atoms with van der Waals surface area (Å²) in [6, 6.07) is 0. The molecule has 0 aromatic carbocycles. The number of nitrogens with one attached hydrogen (secondary N) is 2. The van der Waals surface area contributed by atoms with Crippen LogP contribution in [0, 0.1) is 0 Å². The average molecular weight is 227 g/mol. The Bertz CT molecular complexity index is 450. The van der Waals surface area contributed by atoms with E-state index in [1.165, 1.54) is 11.5 Å². The predicted octanol–water partition coefficient (Wildman–Crippen LogP) is -0.327. The van der Waals surface area contributed by atoms with E-state index in [0.717, 1.165) is 17.7 Å². The number of carbonyl (C=O) groups excluding carboxylic acids is 1. The second-order valence-electron chi connectivity index (χ2n) is 3.70. The van der Waals surface area contributed by atoms with Crippen molar-refractivity contribution in [2.75, 3.05) is 7.05 Å². The third-order valence-electron chi connectivity index (χ3n) is 3.00. The first kappa shape index (κ1) is 10.4. The van der Waals surface area contributed by atoms with Crippen LogP contribution >= 0.6 is 11.5 Å². The van der Waals surface area contributed by atoms with Crippen molar-refractivity contribution in [3.05, 3.63) is 20.8 Å². The van der Waals surface area contributed by atoms with Gasteiger partial charge in [0.25, 0.3) is 5.56 Å². The Labute approximate surface area is 90.8 Å². The number of hydrogen-bond donors (Lipinski definition) is 3. The van der Waals surface area contributed by atoms with E-state index in [4.69, 9.17) is 5.73 Å². The van der Waals surface area contributed by atoms with Crippen LogP contribution in [0.4, 0.5) is 0 Å². The summed E-state index contributed by atoms with van der Waals surface area (Å²) in [5, 5.41) is 2.91. The maximum Gasteiger partial charge on any atom is 0.263 e.